The number of alkyl halides is 1. The van der Waals surface area contributed by atoms with Crippen LogP contribution in [-0.4, -0.2) is 64.7 Å². The Kier molecular flexibility index (Phi) is 5.92. The molecule has 9 heteroatoms. The number of aliphatic hydroxyl groups is 1. The number of nitrogens with zero attached hydrogens (tertiary/aromatic N) is 4. The summed E-state index contributed by atoms with van der Waals surface area (Å²) >= 11 is 0. The number of carbonyl (C=O) groups is 1. The van der Waals surface area contributed by atoms with E-state index in [4.69, 9.17) is 5.73 Å². The molecule has 168 valence electrons. The summed E-state index contributed by atoms with van der Waals surface area (Å²) in [6.07, 6.45) is 3.82. The van der Waals surface area contributed by atoms with Gasteiger partial charge in [0.2, 0.25) is 5.95 Å². The number of guanidine groups is 1. The Morgan fingerprint density at radius 2 is 2.12 bits per heavy atom. The summed E-state index contributed by atoms with van der Waals surface area (Å²) < 4.78 is 27.1. The van der Waals surface area contributed by atoms with Gasteiger partial charge >= 0.3 is 0 Å². The van der Waals surface area contributed by atoms with Gasteiger partial charge in [0.1, 0.15) is 0 Å². The van der Waals surface area contributed by atoms with E-state index in [0.29, 0.717) is 41.6 Å². The summed E-state index contributed by atoms with van der Waals surface area (Å²) in [5.41, 5.74) is 6.65. The number of nitrogens with two attached hydrogens (primary N) is 1. The van der Waals surface area contributed by atoms with Crippen LogP contribution in [0.15, 0.2) is 59.4 Å². The van der Waals surface area contributed by atoms with Crippen molar-refractivity contribution in [1.29, 1.82) is 0 Å². The lowest BCUT2D eigenvalue weighted by Gasteiger charge is -2.27. The maximum Gasteiger partial charge on any atom is 0.266 e. The Bertz CT molecular complexity index is 1090. The Balaban J connectivity index is 1.85. The smallest absolute Gasteiger partial charge is 0.266 e. The summed E-state index contributed by atoms with van der Waals surface area (Å²) in [7, 11) is 1.55. The van der Waals surface area contributed by atoms with E-state index < -0.39 is 18.2 Å². The monoisotopic (exact) mass is 441 g/mol. The lowest BCUT2D eigenvalue weighted by Crippen LogP contribution is -2.41. The van der Waals surface area contributed by atoms with Gasteiger partial charge in [-0.05, 0) is 47.7 Å². The first kappa shape index (κ1) is 21.9. The average Bonchev–Trinajstić information content (AvgIpc) is 3.33. The molecule has 2 aliphatic heterocycles. The van der Waals surface area contributed by atoms with Crippen LogP contribution >= 0.6 is 0 Å². The van der Waals surface area contributed by atoms with Gasteiger partial charge in [0, 0.05) is 31.6 Å². The number of pyridine rings is 1. The molecule has 3 N–H and O–H groups in total. The number of hydrogen-bond acceptors (Lipinski definition) is 6. The molecule has 1 aromatic carbocycles. The third-order valence-electron chi connectivity index (χ3n) is 6.06. The third-order valence-corrected chi connectivity index (χ3v) is 6.06. The highest BCUT2D eigenvalue weighted by atomic mass is 19.1. The minimum Gasteiger partial charge on any atom is -0.394 e. The highest BCUT2D eigenvalue weighted by molar-refractivity contribution is 6.09. The number of benzene rings is 1. The molecule has 2 atom stereocenters. The Morgan fingerprint density at radius 1 is 1.31 bits per heavy atom. The maximum atomic E-state index is 14.3. The second-order valence-electron chi connectivity index (χ2n) is 7.94. The highest BCUT2D eigenvalue weighted by Crippen LogP contribution is 2.45. The lowest BCUT2D eigenvalue weighted by molar-refractivity contribution is -0.129. The van der Waals surface area contributed by atoms with E-state index in [2.05, 4.69) is 9.98 Å². The first-order chi connectivity index (χ1) is 15.4. The molecule has 7 nitrogen and oxygen atoms in total. The molecule has 1 aromatic heterocycles. The van der Waals surface area contributed by atoms with Crippen LogP contribution in [0.5, 0.6) is 0 Å². The number of amides is 1. The zero-order valence-corrected chi connectivity index (χ0v) is 17.7. The normalized spacial score (nSPS) is 23.0. The maximum absolute atomic E-state index is 14.3. The largest absolute Gasteiger partial charge is 0.394 e. The molecular formula is C23H25F2N5O2. The van der Waals surface area contributed by atoms with Gasteiger partial charge in [-0.25, -0.2) is 9.98 Å². The van der Waals surface area contributed by atoms with Gasteiger partial charge in [-0.15, -0.1) is 0 Å². The van der Waals surface area contributed by atoms with Gasteiger partial charge in [0.05, 0.1) is 19.3 Å². The van der Waals surface area contributed by atoms with Crippen molar-refractivity contribution in [3.63, 3.8) is 0 Å². The van der Waals surface area contributed by atoms with Crippen molar-refractivity contribution in [1.82, 2.24) is 14.8 Å². The molecule has 0 saturated heterocycles. The van der Waals surface area contributed by atoms with Gasteiger partial charge in [-0.3, -0.25) is 14.1 Å². The SMILES string of the molecule is CN1C(=O)C(C2=CN(CCCF)C(CO)C2)(c2cccc(-c3cccnc3F)c2)N=C1N. The van der Waals surface area contributed by atoms with Crippen LogP contribution in [0.4, 0.5) is 8.78 Å². The van der Waals surface area contributed by atoms with Crippen LogP contribution in [0.2, 0.25) is 0 Å². The van der Waals surface area contributed by atoms with Gasteiger partial charge in [0.25, 0.3) is 5.91 Å². The predicted molar refractivity (Wildman–Crippen MR) is 117 cm³/mol. The van der Waals surface area contributed by atoms with Crippen molar-refractivity contribution in [3.05, 3.63) is 65.9 Å². The number of aromatic nitrogens is 1. The number of aliphatic imine (C=N–C) groups is 1. The lowest BCUT2D eigenvalue weighted by atomic mass is 9.80. The van der Waals surface area contributed by atoms with Crippen molar-refractivity contribution in [2.24, 2.45) is 10.7 Å². The van der Waals surface area contributed by atoms with Crippen LogP contribution in [0.3, 0.4) is 0 Å². The Labute approximate surface area is 184 Å². The topological polar surface area (TPSA) is 95.0 Å². The first-order valence-electron chi connectivity index (χ1n) is 10.4. The number of aliphatic hydroxyl groups excluding tert-OH is 1. The minimum atomic E-state index is -1.44. The second kappa shape index (κ2) is 8.66. The fourth-order valence-corrected chi connectivity index (χ4v) is 4.37. The molecule has 0 aliphatic carbocycles. The summed E-state index contributed by atoms with van der Waals surface area (Å²) in [5.74, 6) is -0.889. The van der Waals surface area contributed by atoms with Crippen LogP contribution < -0.4 is 5.73 Å². The van der Waals surface area contributed by atoms with Crippen molar-refractivity contribution < 1.29 is 18.7 Å². The standard InChI is InChI=1S/C23H25F2N5O2/c1-29-21(32)23(28-22(29)26,17-12-18(14-31)30(13-17)10-4-8-24)16-6-2-5-15(11-16)19-7-3-9-27-20(19)25/h2-3,5-7,9,11,13,18,31H,4,8,10,12,14H2,1H3,(H2,26,28). The molecule has 32 heavy (non-hydrogen) atoms. The van der Waals surface area contributed by atoms with Crippen molar-refractivity contribution in [3.8, 4) is 11.1 Å². The van der Waals surface area contributed by atoms with E-state index in [9.17, 15) is 18.7 Å². The van der Waals surface area contributed by atoms with E-state index >= 15 is 0 Å². The summed E-state index contributed by atoms with van der Waals surface area (Å²) in [6.45, 7) is -0.216. The van der Waals surface area contributed by atoms with Gasteiger partial charge < -0.3 is 15.7 Å². The number of rotatable bonds is 7. The van der Waals surface area contributed by atoms with Crippen LogP contribution in [0.25, 0.3) is 11.1 Å². The summed E-state index contributed by atoms with van der Waals surface area (Å²) in [6, 6.07) is 9.90. The molecule has 0 saturated carbocycles. The summed E-state index contributed by atoms with van der Waals surface area (Å²) in [4.78, 5) is 24.9. The molecule has 2 unspecified atom stereocenters. The fourth-order valence-electron chi connectivity index (χ4n) is 4.37. The highest BCUT2D eigenvalue weighted by Gasteiger charge is 2.52. The predicted octanol–water partition coefficient (Wildman–Crippen LogP) is 2.18. The average molecular weight is 441 g/mol. The van der Waals surface area contributed by atoms with Crippen LogP contribution in [0, 0.1) is 5.95 Å². The van der Waals surface area contributed by atoms with Gasteiger partial charge in [-0.1, -0.05) is 18.2 Å². The molecule has 0 spiro atoms. The number of hydrogen-bond donors (Lipinski definition) is 2. The fraction of sp³-hybridized carbons (Fsp3) is 0.348. The van der Waals surface area contributed by atoms with Crippen molar-refractivity contribution in [2.45, 2.75) is 24.4 Å². The van der Waals surface area contributed by atoms with E-state index in [1.54, 1.807) is 49.6 Å². The first-order valence-corrected chi connectivity index (χ1v) is 10.4. The molecule has 0 radical (unpaired) electrons. The third kappa shape index (κ3) is 3.52. The molecule has 2 aliphatic rings. The number of carbonyl (C=O) groups excluding carboxylic acids is 1. The molecule has 3 heterocycles. The molecule has 4 rings (SSSR count). The second-order valence-corrected chi connectivity index (χ2v) is 7.94. The minimum absolute atomic E-state index is 0.0663. The number of likely N-dealkylation sites (N-methyl/N-ethyl adjacent to an activating group) is 1. The van der Waals surface area contributed by atoms with Crippen molar-refractivity contribution >= 4 is 11.9 Å². The van der Waals surface area contributed by atoms with Crippen LogP contribution in [-0.2, 0) is 10.3 Å². The zero-order chi connectivity index (χ0) is 22.9. The molecule has 0 fully saturated rings. The quantitative estimate of drug-likeness (QED) is 0.643. The van der Waals surface area contributed by atoms with Crippen LogP contribution in [0.1, 0.15) is 18.4 Å². The molecule has 2 aromatic rings. The summed E-state index contributed by atoms with van der Waals surface area (Å²) in [5, 5.41) is 9.87. The van der Waals surface area contributed by atoms with Crippen molar-refractivity contribution in [2.75, 3.05) is 26.9 Å². The van der Waals surface area contributed by atoms with E-state index in [0.717, 1.165) is 0 Å². The number of halogens is 2. The van der Waals surface area contributed by atoms with E-state index in [-0.39, 0.29) is 24.5 Å². The molecular weight excluding hydrogens is 416 g/mol. The molecule has 1 amide bonds. The van der Waals surface area contributed by atoms with Gasteiger partial charge in [-0.2, -0.15) is 4.39 Å². The van der Waals surface area contributed by atoms with E-state index in [1.165, 1.54) is 11.1 Å². The van der Waals surface area contributed by atoms with E-state index in [1.807, 2.05) is 4.90 Å². The Hall–Kier alpha value is -3.33. The molecule has 0 bridgehead atoms. The zero-order valence-electron chi connectivity index (χ0n) is 17.7. The van der Waals surface area contributed by atoms with Gasteiger partial charge in [0.15, 0.2) is 11.5 Å². The Morgan fingerprint density at radius 3 is 2.78 bits per heavy atom.